The number of ether oxygens (including phenoxy) is 2. The Bertz CT molecular complexity index is 670. The molecule has 3 rings (SSSR count). The molecule has 3 fully saturated rings. The van der Waals surface area contributed by atoms with Gasteiger partial charge >= 0.3 is 5.97 Å². The van der Waals surface area contributed by atoms with Gasteiger partial charge in [0.25, 0.3) is 0 Å². The molecule has 1 heterocycles. The number of ketones is 1. The summed E-state index contributed by atoms with van der Waals surface area (Å²) in [5.41, 5.74) is -2.51. The number of rotatable bonds is 2. The zero-order valence-electron chi connectivity index (χ0n) is 17.5. The van der Waals surface area contributed by atoms with Crippen LogP contribution in [0.5, 0.6) is 0 Å². The fraction of sp³-hybridized carbons (Fsp3) is 0.818. The second kappa shape index (κ2) is 6.15. The predicted octanol–water partition coefficient (Wildman–Crippen LogP) is 3.43. The van der Waals surface area contributed by atoms with E-state index in [4.69, 9.17) is 9.47 Å². The Morgan fingerprint density at radius 3 is 2.44 bits per heavy atom. The predicted molar refractivity (Wildman–Crippen MR) is 102 cm³/mol. The van der Waals surface area contributed by atoms with E-state index in [0.29, 0.717) is 0 Å². The SMILES string of the molecule is C=C[C@@]1(C)CC(=O)[C@@H]2[C@]3(C)CCCC(C)(C)[C@@H]3[C@H](O)[C@@H](OC(C)=O)[C@@]2(C)O1. The van der Waals surface area contributed by atoms with Crippen molar-refractivity contribution in [2.45, 2.75) is 90.6 Å². The molecule has 1 N–H and O–H groups in total. The highest BCUT2D eigenvalue weighted by atomic mass is 16.6. The molecule has 0 amide bonds. The zero-order valence-corrected chi connectivity index (χ0v) is 17.5. The first-order valence-electron chi connectivity index (χ1n) is 10.0. The average Bonchev–Trinajstić information content (AvgIpc) is 2.49. The van der Waals surface area contributed by atoms with Crippen LogP contribution in [0.15, 0.2) is 12.7 Å². The number of aliphatic hydroxyl groups is 1. The quantitative estimate of drug-likeness (QED) is 0.589. The maximum Gasteiger partial charge on any atom is 0.303 e. The van der Waals surface area contributed by atoms with Crippen molar-refractivity contribution in [3.63, 3.8) is 0 Å². The van der Waals surface area contributed by atoms with Crippen LogP contribution < -0.4 is 0 Å². The molecule has 1 saturated heterocycles. The number of hydrogen-bond donors (Lipinski definition) is 1. The number of aliphatic hydroxyl groups excluding tert-OH is 1. The summed E-state index contributed by atoms with van der Waals surface area (Å²) in [4.78, 5) is 25.4. The number of fused-ring (bicyclic) bond motifs is 3. The summed E-state index contributed by atoms with van der Waals surface area (Å²) in [6.07, 6.45) is 2.94. The number of carbonyl (C=O) groups excluding carboxylic acids is 2. The monoisotopic (exact) mass is 378 g/mol. The smallest absolute Gasteiger partial charge is 0.303 e. The Morgan fingerprint density at radius 1 is 1.26 bits per heavy atom. The van der Waals surface area contributed by atoms with Gasteiger partial charge in [0.05, 0.1) is 17.6 Å². The van der Waals surface area contributed by atoms with Gasteiger partial charge in [0.2, 0.25) is 0 Å². The lowest BCUT2D eigenvalue weighted by molar-refractivity contribution is -0.307. The van der Waals surface area contributed by atoms with E-state index in [9.17, 15) is 14.7 Å². The first-order chi connectivity index (χ1) is 12.3. The van der Waals surface area contributed by atoms with Gasteiger partial charge in [-0.2, -0.15) is 0 Å². The molecule has 1 aliphatic heterocycles. The minimum Gasteiger partial charge on any atom is -0.457 e. The van der Waals surface area contributed by atoms with Crippen LogP contribution in [-0.4, -0.2) is 40.3 Å². The van der Waals surface area contributed by atoms with Crippen LogP contribution in [0.3, 0.4) is 0 Å². The van der Waals surface area contributed by atoms with Gasteiger partial charge in [-0.25, -0.2) is 0 Å². The zero-order chi connectivity index (χ0) is 20.4. The Hall–Kier alpha value is -1.20. The molecule has 5 heteroatoms. The molecule has 2 aliphatic carbocycles. The second-order valence-electron chi connectivity index (χ2n) is 10.2. The minimum absolute atomic E-state index is 0.111. The maximum absolute atomic E-state index is 13.5. The summed E-state index contributed by atoms with van der Waals surface area (Å²) in [7, 11) is 0. The summed E-state index contributed by atoms with van der Waals surface area (Å²) in [5.74, 6) is -0.948. The third kappa shape index (κ3) is 2.89. The van der Waals surface area contributed by atoms with E-state index in [1.165, 1.54) is 6.92 Å². The fourth-order valence-corrected chi connectivity index (χ4v) is 6.91. The molecule has 152 valence electrons. The van der Waals surface area contributed by atoms with Crippen molar-refractivity contribution in [1.29, 1.82) is 0 Å². The van der Waals surface area contributed by atoms with E-state index >= 15 is 0 Å². The van der Waals surface area contributed by atoms with Crippen molar-refractivity contribution in [2.24, 2.45) is 22.7 Å². The van der Waals surface area contributed by atoms with Crippen LogP contribution in [0.4, 0.5) is 0 Å². The molecule has 27 heavy (non-hydrogen) atoms. The van der Waals surface area contributed by atoms with Gasteiger partial charge in [-0.1, -0.05) is 33.3 Å². The van der Waals surface area contributed by atoms with Crippen molar-refractivity contribution in [2.75, 3.05) is 0 Å². The van der Waals surface area contributed by atoms with Crippen molar-refractivity contribution in [1.82, 2.24) is 0 Å². The molecule has 0 aromatic heterocycles. The van der Waals surface area contributed by atoms with Gasteiger partial charge in [0.1, 0.15) is 11.4 Å². The van der Waals surface area contributed by atoms with Crippen LogP contribution in [-0.2, 0) is 19.1 Å². The van der Waals surface area contributed by atoms with Crippen molar-refractivity contribution < 1.29 is 24.2 Å². The largest absolute Gasteiger partial charge is 0.457 e. The maximum atomic E-state index is 13.5. The van der Waals surface area contributed by atoms with E-state index in [2.05, 4.69) is 27.4 Å². The summed E-state index contributed by atoms with van der Waals surface area (Å²) in [5, 5.41) is 11.5. The molecule has 0 unspecified atom stereocenters. The standard InChI is InChI=1S/C22H34O5/c1-8-20(5)12-14(24)16-21(6)11-9-10-19(3,4)17(21)15(25)18(26-13(2)23)22(16,7)27-20/h8,15-18,25H,1,9-12H2,2-7H3/t15-,16+,17-,18+,20-,21-,22-/m0/s1. The first-order valence-corrected chi connectivity index (χ1v) is 10.0. The lowest BCUT2D eigenvalue weighted by Crippen LogP contribution is -2.75. The molecule has 0 spiro atoms. The van der Waals surface area contributed by atoms with Crippen LogP contribution in [0.25, 0.3) is 0 Å². The Balaban J connectivity index is 2.20. The molecule has 7 atom stereocenters. The molecule has 0 aromatic rings. The molecule has 3 aliphatic rings. The second-order valence-corrected chi connectivity index (χ2v) is 10.2. The van der Waals surface area contributed by atoms with Crippen LogP contribution in [0, 0.1) is 22.7 Å². The number of hydrogen-bond acceptors (Lipinski definition) is 5. The number of esters is 1. The molecule has 0 bridgehead atoms. The van der Waals surface area contributed by atoms with Crippen molar-refractivity contribution in [3.05, 3.63) is 12.7 Å². The first kappa shape index (κ1) is 20.5. The third-order valence-corrected chi connectivity index (χ3v) is 7.56. The van der Waals surface area contributed by atoms with Gasteiger partial charge in [-0.15, -0.1) is 6.58 Å². The van der Waals surface area contributed by atoms with Crippen molar-refractivity contribution in [3.8, 4) is 0 Å². The van der Waals surface area contributed by atoms with Gasteiger partial charge in [-0.3, -0.25) is 9.59 Å². The van der Waals surface area contributed by atoms with E-state index in [-0.39, 0.29) is 23.5 Å². The molecule has 5 nitrogen and oxygen atoms in total. The van der Waals surface area contributed by atoms with E-state index < -0.39 is 40.7 Å². The summed E-state index contributed by atoms with van der Waals surface area (Å²) >= 11 is 0. The van der Waals surface area contributed by atoms with Crippen LogP contribution >= 0.6 is 0 Å². The highest BCUT2D eigenvalue weighted by molar-refractivity contribution is 5.86. The average molecular weight is 379 g/mol. The van der Waals surface area contributed by atoms with E-state index in [1.54, 1.807) is 6.08 Å². The molecular weight excluding hydrogens is 344 g/mol. The topological polar surface area (TPSA) is 72.8 Å². The molecule has 0 radical (unpaired) electrons. The molecule has 2 saturated carbocycles. The third-order valence-electron chi connectivity index (χ3n) is 7.56. The van der Waals surface area contributed by atoms with Crippen LogP contribution in [0.1, 0.15) is 67.2 Å². The molecule has 0 aromatic carbocycles. The minimum atomic E-state index is -1.10. The number of Topliss-reactive ketones (excluding diaryl/α,β-unsaturated/α-hetero) is 1. The molecular formula is C22H34O5. The van der Waals surface area contributed by atoms with Gasteiger partial charge in [-0.05, 0) is 43.4 Å². The Kier molecular flexibility index (Phi) is 4.68. The highest BCUT2D eigenvalue weighted by Gasteiger charge is 2.71. The summed E-state index contributed by atoms with van der Waals surface area (Å²) in [6, 6.07) is 0. The van der Waals surface area contributed by atoms with Gasteiger partial charge < -0.3 is 14.6 Å². The van der Waals surface area contributed by atoms with Gasteiger partial charge in [0, 0.05) is 13.3 Å². The van der Waals surface area contributed by atoms with Gasteiger partial charge in [0.15, 0.2) is 6.10 Å². The lowest BCUT2D eigenvalue weighted by atomic mass is 9.42. The van der Waals surface area contributed by atoms with Crippen LogP contribution in [0.2, 0.25) is 0 Å². The fourth-order valence-electron chi connectivity index (χ4n) is 6.91. The van der Waals surface area contributed by atoms with Crippen molar-refractivity contribution >= 4 is 11.8 Å². The van der Waals surface area contributed by atoms with E-state index in [0.717, 1.165) is 19.3 Å². The van der Waals surface area contributed by atoms with E-state index in [1.807, 2.05) is 13.8 Å². The normalized spacial score (nSPS) is 48.9. The summed E-state index contributed by atoms with van der Waals surface area (Å²) < 4.78 is 12.1. The Morgan fingerprint density at radius 2 is 1.89 bits per heavy atom. The highest BCUT2D eigenvalue weighted by Crippen LogP contribution is 2.65. The lowest BCUT2D eigenvalue weighted by Gasteiger charge is -2.67. The Labute approximate surface area is 162 Å². The summed E-state index contributed by atoms with van der Waals surface area (Å²) in [6.45, 7) is 15.2. The number of carbonyl (C=O) groups is 2.